The highest BCUT2D eigenvalue weighted by atomic mass is 79.9. The molecule has 0 N–H and O–H groups in total. The minimum atomic E-state index is -0.227. The van der Waals surface area contributed by atoms with E-state index in [1.54, 1.807) is 30.3 Å². The van der Waals surface area contributed by atoms with Crippen LogP contribution in [0.15, 0.2) is 57.4 Å². The van der Waals surface area contributed by atoms with E-state index in [0.717, 1.165) is 9.86 Å². The Balaban J connectivity index is 2.06. The number of hydrogen-bond donors (Lipinski definition) is 0. The number of halogens is 1. The van der Waals surface area contributed by atoms with Crippen molar-refractivity contribution in [2.45, 2.75) is 0 Å². The Kier molecular flexibility index (Phi) is 3.13. The maximum Gasteiger partial charge on any atom is 0.228 e. The van der Waals surface area contributed by atoms with Crippen LogP contribution in [0.2, 0.25) is 0 Å². The van der Waals surface area contributed by atoms with Crippen molar-refractivity contribution in [3.8, 4) is 6.07 Å². The Morgan fingerprint density at radius 2 is 2.00 bits per heavy atom. The lowest BCUT2D eigenvalue weighted by molar-refractivity contribution is 0.101. The van der Waals surface area contributed by atoms with Crippen LogP contribution in [0.4, 0.5) is 0 Å². The van der Waals surface area contributed by atoms with Crippen molar-refractivity contribution in [2.75, 3.05) is 0 Å². The fraction of sp³-hybridized carbons (Fsp3) is 0. The van der Waals surface area contributed by atoms with Gasteiger partial charge in [0.1, 0.15) is 5.58 Å². The molecule has 0 saturated heterocycles. The highest BCUT2D eigenvalue weighted by molar-refractivity contribution is 9.10. The van der Waals surface area contributed by atoms with E-state index in [1.807, 2.05) is 24.3 Å². The number of nitriles is 1. The van der Waals surface area contributed by atoms with Crippen molar-refractivity contribution in [2.24, 2.45) is 0 Å². The van der Waals surface area contributed by atoms with E-state index in [0.29, 0.717) is 16.7 Å². The van der Waals surface area contributed by atoms with Gasteiger partial charge < -0.3 is 4.42 Å². The summed E-state index contributed by atoms with van der Waals surface area (Å²) >= 11 is 3.38. The third-order valence-corrected chi connectivity index (χ3v) is 3.45. The molecule has 0 spiro atoms. The largest absolute Gasteiger partial charge is 0.453 e. The Morgan fingerprint density at radius 3 is 2.80 bits per heavy atom. The fourth-order valence-electron chi connectivity index (χ4n) is 2.00. The van der Waals surface area contributed by atoms with Gasteiger partial charge in [0.25, 0.3) is 0 Å². The molecule has 3 rings (SSSR count). The van der Waals surface area contributed by atoms with E-state index in [2.05, 4.69) is 15.9 Å². The van der Waals surface area contributed by atoms with E-state index in [9.17, 15) is 4.79 Å². The number of nitrogens with zero attached hydrogens (tertiary/aromatic N) is 1. The van der Waals surface area contributed by atoms with Gasteiger partial charge in [0.05, 0.1) is 11.6 Å². The van der Waals surface area contributed by atoms with Crippen LogP contribution in [-0.2, 0) is 0 Å². The summed E-state index contributed by atoms with van der Waals surface area (Å²) < 4.78 is 6.49. The summed E-state index contributed by atoms with van der Waals surface area (Å²) in [6, 6.07) is 15.9. The molecule has 1 aromatic heterocycles. The van der Waals surface area contributed by atoms with Crippen LogP contribution in [0.3, 0.4) is 0 Å². The molecule has 4 heteroatoms. The van der Waals surface area contributed by atoms with Crippen molar-refractivity contribution < 1.29 is 9.21 Å². The zero-order valence-electron chi connectivity index (χ0n) is 10.3. The molecule has 1 heterocycles. The van der Waals surface area contributed by atoms with Crippen molar-refractivity contribution in [3.05, 3.63) is 69.9 Å². The molecular formula is C16H8BrNO2. The lowest BCUT2D eigenvalue weighted by Gasteiger charge is -1.97. The standard InChI is InChI=1S/C16H8BrNO2/c17-13-4-5-14-12(7-13)8-15(20-14)16(19)11-3-1-2-10(6-11)9-18/h1-8H. The van der Waals surface area contributed by atoms with Gasteiger partial charge in [-0.25, -0.2) is 0 Å². The minimum absolute atomic E-state index is 0.227. The molecule has 0 aliphatic carbocycles. The van der Waals surface area contributed by atoms with Crippen LogP contribution in [0.25, 0.3) is 11.0 Å². The van der Waals surface area contributed by atoms with Crippen LogP contribution in [0.5, 0.6) is 0 Å². The summed E-state index contributed by atoms with van der Waals surface area (Å²) in [5, 5.41) is 9.73. The molecule has 0 fully saturated rings. The number of hydrogen-bond acceptors (Lipinski definition) is 3. The van der Waals surface area contributed by atoms with Crippen LogP contribution in [0.1, 0.15) is 21.7 Å². The van der Waals surface area contributed by atoms with E-state index >= 15 is 0 Å². The predicted octanol–water partition coefficient (Wildman–Crippen LogP) is 4.30. The van der Waals surface area contributed by atoms with Gasteiger partial charge in [0.2, 0.25) is 5.78 Å². The number of rotatable bonds is 2. The van der Waals surface area contributed by atoms with Gasteiger partial charge in [0.15, 0.2) is 5.76 Å². The van der Waals surface area contributed by atoms with Crippen molar-refractivity contribution >= 4 is 32.7 Å². The van der Waals surface area contributed by atoms with Gasteiger partial charge in [-0.05, 0) is 36.4 Å². The molecule has 3 aromatic rings. The maximum atomic E-state index is 12.4. The number of carbonyl (C=O) groups excluding carboxylic acids is 1. The number of carbonyl (C=O) groups is 1. The first-order chi connectivity index (χ1) is 9.67. The Hall–Kier alpha value is -2.38. The first-order valence-corrected chi connectivity index (χ1v) is 6.70. The summed E-state index contributed by atoms with van der Waals surface area (Å²) in [4.78, 5) is 12.4. The first kappa shape index (κ1) is 12.6. The highest BCUT2D eigenvalue weighted by Gasteiger charge is 2.15. The average Bonchev–Trinajstić information content (AvgIpc) is 2.89. The van der Waals surface area contributed by atoms with Gasteiger partial charge in [-0.1, -0.05) is 28.1 Å². The fourth-order valence-corrected chi connectivity index (χ4v) is 2.38. The van der Waals surface area contributed by atoms with Gasteiger partial charge in [-0.2, -0.15) is 5.26 Å². The molecule has 96 valence electrons. The van der Waals surface area contributed by atoms with Crippen LogP contribution in [0, 0.1) is 11.3 Å². The normalized spacial score (nSPS) is 10.4. The molecule has 0 atom stereocenters. The zero-order valence-corrected chi connectivity index (χ0v) is 11.8. The highest BCUT2D eigenvalue weighted by Crippen LogP contribution is 2.25. The summed E-state index contributed by atoms with van der Waals surface area (Å²) in [5.74, 6) is 0.0441. The maximum absolute atomic E-state index is 12.4. The molecule has 2 aromatic carbocycles. The molecule has 0 aliphatic heterocycles. The second kappa shape index (κ2) is 4.95. The quantitative estimate of drug-likeness (QED) is 0.660. The van der Waals surface area contributed by atoms with Crippen molar-refractivity contribution in [3.63, 3.8) is 0 Å². The number of fused-ring (bicyclic) bond motifs is 1. The molecule has 0 bridgehead atoms. The monoisotopic (exact) mass is 325 g/mol. The molecular weight excluding hydrogens is 318 g/mol. The molecule has 0 unspecified atom stereocenters. The Bertz CT molecular complexity index is 858. The van der Waals surface area contributed by atoms with E-state index in [1.165, 1.54) is 0 Å². The lowest BCUT2D eigenvalue weighted by atomic mass is 10.1. The van der Waals surface area contributed by atoms with Gasteiger partial charge in [0, 0.05) is 15.4 Å². The summed E-state index contributed by atoms with van der Waals surface area (Å²) in [6.45, 7) is 0. The molecule has 3 nitrogen and oxygen atoms in total. The third kappa shape index (κ3) is 2.24. The third-order valence-electron chi connectivity index (χ3n) is 2.96. The Morgan fingerprint density at radius 1 is 1.15 bits per heavy atom. The second-order valence-corrected chi connectivity index (χ2v) is 5.23. The van der Waals surface area contributed by atoms with Gasteiger partial charge in [-0.3, -0.25) is 4.79 Å². The van der Waals surface area contributed by atoms with Crippen molar-refractivity contribution in [1.29, 1.82) is 5.26 Å². The van der Waals surface area contributed by atoms with E-state index < -0.39 is 0 Å². The smallest absolute Gasteiger partial charge is 0.228 e. The molecule has 0 radical (unpaired) electrons. The zero-order chi connectivity index (χ0) is 14.1. The minimum Gasteiger partial charge on any atom is -0.453 e. The SMILES string of the molecule is N#Cc1cccc(C(=O)c2cc3cc(Br)ccc3o2)c1. The van der Waals surface area contributed by atoms with Gasteiger partial charge in [-0.15, -0.1) is 0 Å². The summed E-state index contributed by atoms with van der Waals surface area (Å²) in [5.41, 5.74) is 1.56. The second-order valence-electron chi connectivity index (χ2n) is 4.31. The summed E-state index contributed by atoms with van der Waals surface area (Å²) in [6.07, 6.45) is 0. The number of benzene rings is 2. The van der Waals surface area contributed by atoms with Gasteiger partial charge >= 0.3 is 0 Å². The molecule has 0 amide bonds. The predicted molar refractivity (Wildman–Crippen MR) is 78.5 cm³/mol. The topological polar surface area (TPSA) is 54.0 Å². The van der Waals surface area contributed by atoms with Crippen LogP contribution < -0.4 is 0 Å². The van der Waals surface area contributed by atoms with E-state index in [4.69, 9.17) is 9.68 Å². The number of furan rings is 1. The molecule has 0 aliphatic rings. The molecule has 0 saturated carbocycles. The average molecular weight is 326 g/mol. The van der Waals surface area contributed by atoms with Crippen LogP contribution >= 0.6 is 15.9 Å². The Labute approximate surface area is 123 Å². The molecule has 20 heavy (non-hydrogen) atoms. The summed E-state index contributed by atoms with van der Waals surface area (Å²) in [7, 11) is 0. The number of ketones is 1. The lowest BCUT2D eigenvalue weighted by Crippen LogP contribution is -1.99. The van der Waals surface area contributed by atoms with Crippen LogP contribution in [-0.4, -0.2) is 5.78 Å². The first-order valence-electron chi connectivity index (χ1n) is 5.91. The van der Waals surface area contributed by atoms with Crippen molar-refractivity contribution in [1.82, 2.24) is 0 Å². The van der Waals surface area contributed by atoms with E-state index in [-0.39, 0.29) is 11.5 Å².